The SMILES string of the molecule is CC(C)(C)c1cc2c3c(c1)c1ccccc1n3-c1cc(-n3c4cc(-c5ccccc5)ccc4c4ccc(-c5ccccc5)cc43)cc3c1B2c1cc(C(C)(C)C)cc2c4ccccc4n-3c12. The van der Waals surface area contributed by atoms with Crippen LogP contribution in [0.1, 0.15) is 52.7 Å². The third-order valence-corrected chi connectivity index (χ3v) is 15.1. The van der Waals surface area contributed by atoms with Gasteiger partial charge in [0.25, 0.3) is 6.71 Å². The fourth-order valence-electron chi connectivity index (χ4n) is 11.9. The molecule has 0 aliphatic carbocycles. The zero-order chi connectivity index (χ0) is 44.4. The van der Waals surface area contributed by atoms with Crippen molar-refractivity contribution in [3.8, 4) is 39.3 Å². The van der Waals surface area contributed by atoms with E-state index in [1.54, 1.807) is 0 Å². The Bertz CT molecular complexity index is 3800. The lowest BCUT2D eigenvalue weighted by atomic mass is 9.34. The molecule has 14 rings (SSSR count). The van der Waals surface area contributed by atoms with Crippen LogP contribution in [0, 0.1) is 0 Å². The third kappa shape index (κ3) is 5.10. The van der Waals surface area contributed by atoms with E-state index in [-0.39, 0.29) is 17.5 Å². The Labute approximate surface area is 385 Å². The van der Waals surface area contributed by atoms with Gasteiger partial charge in [-0.1, -0.05) is 175 Å². The van der Waals surface area contributed by atoms with Crippen LogP contribution in [-0.4, -0.2) is 20.4 Å². The van der Waals surface area contributed by atoms with Crippen molar-refractivity contribution in [2.45, 2.75) is 52.4 Å². The van der Waals surface area contributed by atoms with Crippen LogP contribution in [-0.2, 0) is 10.8 Å². The van der Waals surface area contributed by atoms with Crippen LogP contribution in [0.15, 0.2) is 182 Å². The maximum Gasteiger partial charge on any atom is 0.252 e. The van der Waals surface area contributed by atoms with Gasteiger partial charge in [0.1, 0.15) is 0 Å². The first-order valence-electron chi connectivity index (χ1n) is 23.5. The summed E-state index contributed by atoms with van der Waals surface area (Å²) in [6.45, 7) is 14.2. The Morgan fingerprint density at radius 3 is 1.18 bits per heavy atom. The highest BCUT2D eigenvalue weighted by atomic mass is 15.1. The van der Waals surface area contributed by atoms with Crippen LogP contribution in [0.25, 0.3) is 105 Å². The lowest BCUT2D eigenvalue weighted by Gasteiger charge is -2.36. The van der Waals surface area contributed by atoms with E-state index in [4.69, 9.17) is 0 Å². The first-order chi connectivity index (χ1) is 32.0. The molecule has 0 saturated carbocycles. The molecule has 314 valence electrons. The van der Waals surface area contributed by atoms with Crippen molar-refractivity contribution in [3.05, 3.63) is 193 Å². The molecule has 0 unspecified atom stereocenters. The molecule has 5 heterocycles. The number of nitrogens with zero attached hydrogens (tertiary/aromatic N) is 3. The van der Waals surface area contributed by atoms with Gasteiger partial charge in [-0.05, 0) is 109 Å². The molecule has 0 bridgehead atoms. The number of aromatic nitrogens is 3. The van der Waals surface area contributed by atoms with E-state index < -0.39 is 0 Å². The van der Waals surface area contributed by atoms with Gasteiger partial charge in [-0.15, -0.1) is 0 Å². The van der Waals surface area contributed by atoms with Gasteiger partial charge in [-0.25, -0.2) is 0 Å². The second-order valence-corrected chi connectivity index (χ2v) is 21.0. The fraction of sp³-hybridized carbons (Fsp3) is 0.129. The lowest BCUT2D eigenvalue weighted by molar-refractivity contribution is 0.591. The van der Waals surface area contributed by atoms with Crippen molar-refractivity contribution in [2.24, 2.45) is 0 Å². The topological polar surface area (TPSA) is 14.8 Å². The van der Waals surface area contributed by atoms with Gasteiger partial charge >= 0.3 is 0 Å². The highest BCUT2D eigenvalue weighted by molar-refractivity contribution is 7.00. The highest BCUT2D eigenvalue weighted by Crippen LogP contribution is 2.44. The molecule has 2 aliphatic heterocycles. The molecule has 0 saturated heterocycles. The molecule has 0 atom stereocenters. The van der Waals surface area contributed by atoms with E-state index in [9.17, 15) is 0 Å². The standard InChI is InChI=1S/C62H48BN3/c1-61(2,3)41-31-48-44-21-13-15-23-52(44)65-56-35-43(64-54-29-39(37-17-9-7-10-18-37)25-27-46(54)47-28-26-40(30-55(47)64)38-19-11-8-12-20-38)36-57-58(56)63(50(33-41)59(48)65)51-34-42(62(4,5)6)32-49-45-22-14-16-24-53(45)66(57)60(49)51/h7-36H,1-6H3. The van der Waals surface area contributed by atoms with Gasteiger partial charge in [-0.3, -0.25) is 0 Å². The minimum atomic E-state index is -0.0409. The zero-order valence-corrected chi connectivity index (χ0v) is 38.2. The second kappa shape index (κ2) is 13.0. The van der Waals surface area contributed by atoms with E-state index in [2.05, 4.69) is 237 Å². The van der Waals surface area contributed by atoms with E-state index in [1.807, 2.05) is 0 Å². The molecule has 9 aromatic carbocycles. The molecule has 4 heteroatoms. The van der Waals surface area contributed by atoms with Crippen molar-refractivity contribution in [1.82, 2.24) is 13.7 Å². The lowest BCUT2D eigenvalue weighted by Crippen LogP contribution is -2.59. The molecular weight excluding hydrogens is 798 g/mol. The largest absolute Gasteiger partial charge is 0.310 e. The molecule has 0 radical (unpaired) electrons. The molecule has 3 aromatic heterocycles. The van der Waals surface area contributed by atoms with E-state index in [1.165, 1.54) is 127 Å². The molecule has 0 N–H and O–H groups in total. The highest BCUT2D eigenvalue weighted by Gasteiger charge is 2.42. The van der Waals surface area contributed by atoms with Crippen LogP contribution < -0.4 is 16.4 Å². The summed E-state index contributed by atoms with van der Waals surface area (Å²) < 4.78 is 7.83. The molecule has 12 aromatic rings. The summed E-state index contributed by atoms with van der Waals surface area (Å²) in [5.74, 6) is 0. The first-order valence-corrected chi connectivity index (χ1v) is 23.5. The monoisotopic (exact) mass is 845 g/mol. The van der Waals surface area contributed by atoms with Crippen LogP contribution in [0.3, 0.4) is 0 Å². The maximum absolute atomic E-state index is 2.63. The summed E-state index contributed by atoms with van der Waals surface area (Å²) in [5.41, 5.74) is 22.9. The van der Waals surface area contributed by atoms with Gasteiger partial charge in [0.2, 0.25) is 0 Å². The number of hydrogen-bond donors (Lipinski definition) is 0. The molecule has 0 fully saturated rings. The van der Waals surface area contributed by atoms with Gasteiger partial charge in [0, 0.05) is 54.7 Å². The van der Waals surface area contributed by atoms with Crippen molar-refractivity contribution >= 4 is 88.5 Å². The van der Waals surface area contributed by atoms with Gasteiger partial charge < -0.3 is 13.7 Å². The summed E-state index contributed by atoms with van der Waals surface area (Å²) in [6.07, 6.45) is 0. The predicted octanol–water partition coefficient (Wildman–Crippen LogP) is 14.0. The van der Waals surface area contributed by atoms with Crippen LogP contribution in [0.4, 0.5) is 0 Å². The Balaban J connectivity index is 1.19. The molecule has 0 spiro atoms. The minimum Gasteiger partial charge on any atom is -0.310 e. The molecule has 3 nitrogen and oxygen atoms in total. The predicted molar refractivity (Wildman–Crippen MR) is 282 cm³/mol. The van der Waals surface area contributed by atoms with Crippen LogP contribution in [0.2, 0.25) is 0 Å². The summed E-state index contributed by atoms with van der Waals surface area (Å²) in [7, 11) is 0. The van der Waals surface area contributed by atoms with Crippen molar-refractivity contribution in [1.29, 1.82) is 0 Å². The molecule has 66 heavy (non-hydrogen) atoms. The quantitative estimate of drug-likeness (QED) is 0.157. The van der Waals surface area contributed by atoms with Crippen molar-refractivity contribution < 1.29 is 0 Å². The smallest absolute Gasteiger partial charge is 0.252 e. The average molecular weight is 846 g/mol. The summed E-state index contributed by atoms with van der Waals surface area (Å²) in [5, 5.41) is 7.75. The van der Waals surface area contributed by atoms with Gasteiger partial charge in [0.15, 0.2) is 0 Å². The number of rotatable bonds is 3. The third-order valence-electron chi connectivity index (χ3n) is 15.1. The van der Waals surface area contributed by atoms with E-state index >= 15 is 0 Å². The fourth-order valence-corrected chi connectivity index (χ4v) is 11.9. The van der Waals surface area contributed by atoms with Crippen LogP contribution >= 0.6 is 0 Å². The van der Waals surface area contributed by atoms with Gasteiger partial charge in [0.05, 0.1) is 27.8 Å². The van der Waals surface area contributed by atoms with Crippen molar-refractivity contribution in [3.63, 3.8) is 0 Å². The average Bonchev–Trinajstić information content (AvgIpc) is 3.97. The Morgan fingerprint density at radius 1 is 0.333 bits per heavy atom. The number of para-hydroxylation sites is 2. The van der Waals surface area contributed by atoms with E-state index in [0.29, 0.717) is 0 Å². The molecule has 0 amide bonds. The van der Waals surface area contributed by atoms with E-state index in [0.717, 1.165) is 5.69 Å². The first kappa shape index (κ1) is 37.8. The van der Waals surface area contributed by atoms with Crippen LogP contribution in [0.5, 0.6) is 0 Å². The zero-order valence-electron chi connectivity index (χ0n) is 38.2. The summed E-state index contributed by atoms with van der Waals surface area (Å²) in [4.78, 5) is 0. The maximum atomic E-state index is 2.63. The Hall–Kier alpha value is -7.56. The molecule has 2 aliphatic rings. The number of fused-ring (bicyclic) bond motifs is 13. The molecular formula is C62H48BN3. The minimum absolute atomic E-state index is 0.0276. The number of benzene rings is 9. The Morgan fingerprint density at radius 2 is 0.742 bits per heavy atom. The van der Waals surface area contributed by atoms with Gasteiger partial charge in [-0.2, -0.15) is 0 Å². The summed E-state index contributed by atoms with van der Waals surface area (Å²) in [6, 6.07) is 69.2. The van der Waals surface area contributed by atoms with Crippen molar-refractivity contribution in [2.75, 3.05) is 0 Å². The number of hydrogen-bond acceptors (Lipinski definition) is 0. The normalized spacial score (nSPS) is 13.3. The Kier molecular flexibility index (Phi) is 7.47. The summed E-state index contributed by atoms with van der Waals surface area (Å²) >= 11 is 0. The second-order valence-electron chi connectivity index (χ2n) is 21.0.